The number of hydrogen-bond donors (Lipinski definition) is 1. The van der Waals surface area contributed by atoms with Crippen molar-refractivity contribution in [2.75, 3.05) is 6.54 Å². The zero-order chi connectivity index (χ0) is 12.6. The molecule has 2 aromatic rings. The molecular formula is C13H21N5. The Labute approximate surface area is 108 Å². The maximum absolute atomic E-state index is 4.31. The fourth-order valence-electron chi connectivity index (χ4n) is 1.94. The minimum atomic E-state index is 0.888. The summed E-state index contributed by atoms with van der Waals surface area (Å²) in [4.78, 5) is 0. The summed E-state index contributed by atoms with van der Waals surface area (Å²) in [7, 11) is 0. The van der Waals surface area contributed by atoms with Crippen LogP contribution in [0.2, 0.25) is 0 Å². The Hall–Kier alpha value is -1.62. The Bertz CT molecular complexity index is 432. The highest BCUT2D eigenvalue weighted by Crippen LogP contribution is 1.99. The first-order valence-corrected chi connectivity index (χ1v) is 6.59. The molecule has 0 aliphatic rings. The average Bonchev–Trinajstić information content (AvgIpc) is 3.01. The van der Waals surface area contributed by atoms with Gasteiger partial charge in [-0.15, -0.1) is 0 Å². The number of aromatic nitrogens is 4. The fourth-order valence-corrected chi connectivity index (χ4v) is 1.94. The Morgan fingerprint density at radius 3 is 2.94 bits per heavy atom. The zero-order valence-corrected chi connectivity index (χ0v) is 10.9. The van der Waals surface area contributed by atoms with Crippen molar-refractivity contribution in [3.63, 3.8) is 0 Å². The molecule has 0 atom stereocenters. The zero-order valence-electron chi connectivity index (χ0n) is 10.9. The number of rotatable bonds is 8. The lowest BCUT2D eigenvalue weighted by molar-refractivity contribution is 0.519. The summed E-state index contributed by atoms with van der Waals surface area (Å²) in [5.41, 5.74) is 1.26. The van der Waals surface area contributed by atoms with Gasteiger partial charge in [0, 0.05) is 38.2 Å². The van der Waals surface area contributed by atoms with Crippen LogP contribution in [-0.4, -0.2) is 26.1 Å². The minimum Gasteiger partial charge on any atom is -0.311 e. The van der Waals surface area contributed by atoms with Gasteiger partial charge in [0.2, 0.25) is 0 Å². The number of nitrogens with one attached hydrogen (secondary N) is 1. The molecule has 5 nitrogen and oxygen atoms in total. The topological polar surface area (TPSA) is 47.7 Å². The molecule has 0 aromatic carbocycles. The molecule has 2 heterocycles. The van der Waals surface area contributed by atoms with Crippen molar-refractivity contribution in [3.8, 4) is 0 Å². The summed E-state index contributed by atoms with van der Waals surface area (Å²) < 4.78 is 4.03. The first-order chi connectivity index (χ1) is 8.90. The van der Waals surface area contributed by atoms with Gasteiger partial charge in [-0.1, -0.05) is 6.92 Å². The highest BCUT2D eigenvalue weighted by molar-refractivity contribution is 4.99. The molecule has 0 saturated heterocycles. The van der Waals surface area contributed by atoms with E-state index >= 15 is 0 Å². The molecular weight excluding hydrogens is 226 g/mol. The van der Waals surface area contributed by atoms with Crippen molar-refractivity contribution >= 4 is 0 Å². The molecule has 0 bridgehead atoms. The van der Waals surface area contributed by atoms with E-state index in [4.69, 9.17) is 0 Å². The second kappa shape index (κ2) is 6.96. The maximum atomic E-state index is 4.31. The van der Waals surface area contributed by atoms with Crippen molar-refractivity contribution in [1.29, 1.82) is 0 Å². The van der Waals surface area contributed by atoms with E-state index < -0.39 is 0 Å². The molecule has 0 radical (unpaired) electrons. The number of aryl methyl sites for hydroxylation is 2. The van der Waals surface area contributed by atoms with Crippen LogP contribution in [0.4, 0.5) is 0 Å². The van der Waals surface area contributed by atoms with Crippen molar-refractivity contribution in [1.82, 2.24) is 24.9 Å². The van der Waals surface area contributed by atoms with Crippen LogP contribution >= 0.6 is 0 Å². The maximum Gasteiger partial charge on any atom is 0.0522 e. The van der Waals surface area contributed by atoms with E-state index in [9.17, 15) is 0 Å². The third-order valence-electron chi connectivity index (χ3n) is 2.85. The Morgan fingerprint density at radius 1 is 1.22 bits per heavy atom. The van der Waals surface area contributed by atoms with Gasteiger partial charge >= 0.3 is 0 Å². The summed E-state index contributed by atoms with van der Waals surface area (Å²) in [6, 6.07) is 4.03. The minimum absolute atomic E-state index is 0.888. The third-order valence-corrected chi connectivity index (χ3v) is 2.85. The quantitative estimate of drug-likeness (QED) is 0.722. The van der Waals surface area contributed by atoms with E-state index in [1.165, 1.54) is 5.69 Å². The molecule has 2 rings (SSSR count). The van der Waals surface area contributed by atoms with Crippen LogP contribution in [0.25, 0.3) is 0 Å². The second-order valence-electron chi connectivity index (χ2n) is 4.35. The summed E-state index contributed by atoms with van der Waals surface area (Å²) in [6.07, 6.45) is 7.89. The van der Waals surface area contributed by atoms with Crippen molar-refractivity contribution in [2.24, 2.45) is 0 Å². The summed E-state index contributed by atoms with van der Waals surface area (Å²) in [6.45, 7) is 6.02. The highest BCUT2D eigenvalue weighted by Gasteiger charge is 2.00. The van der Waals surface area contributed by atoms with Gasteiger partial charge in [0.25, 0.3) is 0 Å². The lowest BCUT2D eigenvalue weighted by Crippen LogP contribution is -2.19. The van der Waals surface area contributed by atoms with E-state index in [1.807, 2.05) is 29.3 Å². The van der Waals surface area contributed by atoms with Crippen LogP contribution in [-0.2, 0) is 19.6 Å². The van der Waals surface area contributed by atoms with Crippen LogP contribution in [0.5, 0.6) is 0 Å². The van der Waals surface area contributed by atoms with Crippen LogP contribution in [0.3, 0.4) is 0 Å². The first kappa shape index (κ1) is 12.8. The Balaban J connectivity index is 1.64. The normalized spacial score (nSPS) is 10.9. The monoisotopic (exact) mass is 247 g/mol. The summed E-state index contributed by atoms with van der Waals surface area (Å²) in [5.74, 6) is 0. The van der Waals surface area contributed by atoms with E-state index in [0.29, 0.717) is 0 Å². The van der Waals surface area contributed by atoms with Gasteiger partial charge in [0.05, 0.1) is 5.69 Å². The molecule has 2 aromatic heterocycles. The third kappa shape index (κ3) is 3.70. The molecule has 0 spiro atoms. The smallest absolute Gasteiger partial charge is 0.0522 e. The first-order valence-electron chi connectivity index (χ1n) is 6.59. The van der Waals surface area contributed by atoms with E-state index in [-0.39, 0.29) is 0 Å². The Kier molecular flexibility index (Phi) is 4.96. The SMILES string of the molecule is CCCn1nccc1CNCCCn1cccn1. The van der Waals surface area contributed by atoms with Crippen LogP contribution in [0.15, 0.2) is 30.7 Å². The van der Waals surface area contributed by atoms with Gasteiger partial charge in [-0.05, 0) is 31.5 Å². The van der Waals surface area contributed by atoms with Crippen LogP contribution in [0.1, 0.15) is 25.5 Å². The molecule has 0 fully saturated rings. The molecule has 98 valence electrons. The van der Waals surface area contributed by atoms with E-state index in [1.54, 1.807) is 0 Å². The van der Waals surface area contributed by atoms with E-state index in [0.717, 1.165) is 39.0 Å². The average molecular weight is 247 g/mol. The number of nitrogens with zero attached hydrogens (tertiary/aromatic N) is 4. The molecule has 0 amide bonds. The predicted octanol–water partition coefficient (Wildman–Crippen LogP) is 1.67. The molecule has 0 aliphatic heterocycles. The van der Waals surface area contributed by atoms with Gasteiger partial charge in [-0.25, -0.2) is 0 Å². The predicted molar refractivity (Wildman–Crippen MR) is 71.1 cm³/mol. The van der Waals surface area contributed by atoms with Gasteiger partial charge in [0.15, 0.2) is 0 Å². The summed E-state index contributed by atoms with van der Waals surface area (Å²) in [5, 5.41) is 11.9. The second-order valence-corrected chi connectivity index (χ2v) is 4.35. The van der Waals surface area contributed by atoms with Gasteiger partial charge < -0.3 is 5.32 Å². The van der Waals surface area contributed by atoms with Crippen LogP contribution < -0.4 is 5.32 Å². The van der Waals surface area contributed by atoms with Crippen molar-refractivity contribution < 1.29 is 0 Å². The van der Waals surface area contributed by atoms with Crippen LogP contribution in [0, 0.1) is 0 Å². The molecule has 0 unspecified atom stereocenters. The van der Waals surface area contributed by atoms with Crippen molar-refractivity contribution in [2.45, 2.75) is 39.4 Å². The molecule has 1 N–H and O–H groups in total. The molecule has 0 saturated carbocycles. The fraction of sp³-hybridized carbons (Fsp3) is 0.538. The number of hydrogen-bond acceptors (Lipinski definition) is 3. The lowest BCUT2D eigenvalue weighted by Gasteiger charge is -2.07. The van der Waals surface area contributed by atoms with E-state index in [2.05, 4.69) is 33.2 Å². The lowest BCUT2D eigenvalue weighted by atomic mass is 10.3. The van der Waals surface area contributed by atoms with Gasteiger partial charge in [0.1, 0.15) is 0 Å². The van der Waals surface area contributed by atoms with Crippen molar-refractivity contribution in [3.05, 3.63) is 36.4 Å². The molecule has 18 heavy (non-hydrogen) atoms. The standard InChI is InChI=1S/C13H21N5/c1-2-9-18-13(5-8-16-18)12-14-6-3-10-17-11-4-7-15-17/h4-5,7-8,11,14H,2-3,6,9-10,12H2,1H3. The molecule has 0 aliphatic carbocycles. The van der Waals surface area contributed by atoms with Gasteiger partial charge in [-0.2, -0.15) is 10.2 Å². The largest absolute Gasteiger partial charge is 0.311 e. The molecule has 5 heteroatoms. The van der Waals surface area contributed by atoms with Gasteiger partial charge in [-0.3, -0.25) is 9.36 Å². The summed E-state index contributed by atoms with van der Waals surface area (Å²) >= 11 is 0. The Morgan fingerprint density at radius 2 is 2.17 bits per heavy atom. The highest BCUT2D eigenvalue weighted by atomic mass is 15.3.